The van der Waals surface area contributed by atoms with Crippen molar-refractivity contribution in [3.05, 3.63) is 30.1 Å². The number of hydrogen-bond donors (Lipinski definition) is 1. The molecule has 84 valence electrons. The van der Waals surface area contributed by atoms with E-state index in [4.69, 9.17) is 0 Å². The first-order valence-electron chi connectivity index (χ1n) is 4.64. The first-order valence-corrected chi connectivity index (χ1v) is 5.62. The van der Waals surface area contributed by atoms with Crippen molar-refractivity contribution in [3.8, 4) is 0 Å². The van der Waals surface area contributed by atoms with E-state index in [1.54, 1.807) is 18.2 Å². The van der Waals surface area contributed by atoms with E-state index in [9.17, 15) is 14.0 Å². The lowest BCUT2D eigenvalue weighted by Crippen LogP contribution is -2.33. The summed E-state index contributed by atoms with van der Waals surface area (Å²) in [5.74, 6) is -0.495. The summed E-state index contributed by atoms with van der Waals surface area (Å²) in [6, 6.07) is 6.11. The van der Waals surface area contributed by atoms with E-state index in [1.807, 2.05) is 0 Å². The van der Waals surface area contributed by atoms with Crippen LogP contribution in [0.3, 0.4) is 0 Å². The van der Waals surface area contributed by atoms with Crippen LogP contribution in [0, 0.1) is 5.82 Å². The average Bonchev–Trinajstić information content (AvgIpc) is 2.58. The zero-order valence-electron chi connectivity index (χ0n) is 8.27. The fraction of sp³-hybridized carbons (Fsp3) is 0.200. The number of rotatable bonds is 3. The van der Waals surface area contributed by atoms with Gasteiger partial charge in [0.2, 0.25) is 5.91 Å². The van der Waals surface area contributed by atoms with Crippen molar-refractivity contribution in [2.24, 2.45) is 0 Å². The highest BCUT2D eigenvalue weighted by Gasteiger charge is 2.29. The molecule has 16 heavy (non-hydrogen) atoms. The van der Waals surface area contributed by atoms with Gasteiger partial charge in [-0.05, 0) is 12.1 Å². The minimum atomic E-state index is -0.408. The monoisotopic (exact) mass is 240 g/mol. The van der Waals surface area contributed by atoms with Crippen LogP contribution in [-0.4, -0.2) is 28.5 Å². The maximum atomic E-state index is 13.2. The van der Waals surface area contributed by atoms with Gasteiger partial charge in [0.1, 0.15) is 5.82 Å². The summed E-state index contributed by atoms with van der Waals surface area (Å²) in [6.07, 6.45) is 0. The average molecular weight is 240 g/mol. The van der Waals surface area contributed by atoms with Crippen LogP contribution < -0.4 is 5.32 Å². The third-order valence-corrected chi connectivity index (χ3v) is 3.00. The Bertz CT molecular complexity index is 423. The fourth-order valence-corrected chi connectivity index (χ4v) is 2.03. The topological polar surface area (TPSA) is 49.4 Å². The minimum Gasteiger partial charge on any atom is -0.365 e. The number of imide groups is 1. The summed E-state index contributed by atoms with van der Waals surface area (Å²) in [4.78, 5) is 23.5. The van der Waals surface area contributed by atoms with E-state index in [1.165, 1.54) is 6.07 Å². The molecule has 6 heteroatoms. The third kappa shape index (κ3) is 2.16. The summed E-state index contributed by atoms with van der Waals surface area (Å²) >= 11 is 0.957. The first kappa shape index (κ1) is 10.9. The van der Waals surface area contributed by atoms with Gasteiger partial charge in [-0.25, -0.2) is 4.39 Å². The van der Waals surface area contributed by atoms with Gasteiger partial charge in [-0.2, -0.15) is 0 Å². The third-order valence-electron chi connectivity index (χ3n) is 2.14. The summed E-state index contributed by atoms with van der Waals surface area (Å²) in [5, 5.41) is 2.41. The summed E-state index contributed by atoms with van der Waals surface area (Å²) in [5.41, 5.74) is 0.278. The molecule has 1 aromatic carbocycles. The lowest BCUT2D eigenvalue weighted by Gasteiger charge is -2.14. The van der Waals surface area contributed by atoms with Gasteiger partial charge in [0.15, 0.2) is 0 Å². The molecule has 2 rings (SSSR count). The van der Waals surface area contributed by atoms with Crippen LogP contribution in [-0.2, 0) is 4.79 Å². The summed E-state index contributed by atoms with van der Waals surface area (Å²) in [6.45, 7) is 0.00556. The Balaban J connectivity index is 2.00. The molecule has 1 fully saturated rings. The van der Waals surface area contributed by atoms with Crippen molar-refractivity contribution in [2.75, 3.05) is 17.7 Å². The molecule has 0 spiro atoms. The van der Waals surface area contributed by atoms with Gasteiger partial charge in [-0.3, -0.25) is 14.5 Å². The zero-order chi connectivity index (χ0) is 11.5. The molecular weight excluding hydrogens is 231 g/mol. The van der Waals surface area contributed by atoms with Crippen LogP contribution in [0.1, 0.15) is 0 Å². The number of nitrogens with zero attached hydrogens (tertiary/aromatic N) is 1. The van der Waals surface area contributed by atoms with Crippen LogP contribution in [0.2, 0.25) is 0 Å². The fourth-order valence-electron chi connectivity index (χ4n) is 1.30. The molecular formula is C10H9FN2O2S. The first-order chi connectivity index (χ1) is 7.68. The van der Waals surface area contributed by atoms with Crippen LogP contribution in [0.5, 0.6) is 0 Å². The van der Waals surface area contributed by atoms with Gasteiger partial charge in [0.05, 0.1) is 18.1 Å². The number of thioether (sulfide) groups is 1. The van der Waals surface area contributed by atoms with E-state index in [0.717, 1.165) is 16.7 Å². The van der Waals surface area contributed by atoms with E-state index in [2.05, 4.69) is 5.32 Å². The Labute approximate surface area is 95.8 Å². The van der Waals surface area contributed by atoms with Gasteiger partial charge in [0, 0.05) is 0 Å². The van der Waals surface area contributed by atoms with E-state index in [0.29, 0.717) is 0 Å². The normalized spacial score (nSPS) is 15.7. The molecule has 0 unspecified atom stereocenters. The Hall–Kier alpha value is -1.56. The van der Waals surface area contributed by atoms with Crippen molar-refractivity contribution in [1.82, 2.24) is 4.90 Å². The number of nitrogens with one attached hydrogen (secondary N) is 1. The molecule has 0 saturated carbocycles. The molecule has 4 nitrogen and oxygen atoms in total. The molecule has 1 aliphatic heterocycles. The standard InChI is InChI=1S/C10H9FN2O2S/c11-7-3-1-2-4-8(7)12-6-13-9(14)5-16-10(13)15/h1-4,12H,5-6H2. The van der Waals surface area contributed by atoms with E-state index >= 15 is 0 Å². The van der Waals surface area contributed by atoms with E-state index < -0.39 is 5.82 Å². The second kappa shape index (κ2) is 4.52. The molecule has 0 bridgehead atoms. The van der Waals surface area contributed by atoms with Crippen molar-refractivity contribution in [2.45, 2.75) is 0 Å². The highest BCUT2D eigenvalue weighted by Crippen LogP contribution is 2.19. The quantitative estimate of drug-likeness (QED) is 0.876. The van der Waals surface area contributed by atoms with Gasteiger partial charge >= 0.3 is 0 Å². The lowest BCUT2D eigenvalue weighted by atomic mass is 10.3. The Morgan fingerprint density at radius 2 is 2.12 bits per heavy atom. The molecule has 1 saturated heterocycles. The van der Waals surface area contributed by atoms with Gasteiger partial charge in [-0.15, -0.1) is 0 Å². The molecule has 0 atom stereocenters. The van der Waals surface area contributed by atoms with Crippen LogP contribution in [0.25, 0.3) is 0 Å². The number of para-hydroxylation sites is 1. The zero-order valence-corrected chi connectivity index (χ0v) is 9.09. The molecule has 1 aromatic rings. The molecule has 0 aliphatic carbocycles. The predicted octanol–water partition coefficient (Wildman–Crippen LogP) is 1.89. The molecule has 1 N–H and O–H groups in total. The largest absolute Gasteiger partial charge is 0.365 e. The summed E-state index contributed by atoms with van der Waals surface area (Å²) in [7, 11) is 0. The van der Waals surface area contributed by atoms with Crippen LogP contribution >= 0.6 is 11.8 Å². The Morgan fingerprint density at radius 1 is 1.38 bits per heavy atom. The molecule has 0 aromatic heterocycles. The lowest BCUT2D eigenvalue weighted by molar-refractivity contribution is -0.124. The van der Waals surface area contributed by atoms with Crippen molar-refractivity contribution in [1.29, 1.82) is 0 Å². The molecule has 1 aliphatic rings. The SMILES string of the molecule is O=C1CSC(=O)N1CNc1ccccc1F. The van der Waals surface area contributed by atoms with E-state index in [-0.39, 0.29) is 29.3 Å². The number of carbonyl (C=O) groups is 2. The Morgan fingerprint density at radius 3 is 2.75 bits per heavy atom. The number of halogens is 1. The van der Waals surface area contributed by atoms with Gasteiger partial charge in [-0.1, -0.05) is 23.9 Å². The second-order valence-electron chi connectivity index (χ2n) is 3.19. The highest BCUT2D eigenvalue weighted by molar-refractivity contribution is 8.14. The van der Waals surface area contributed by atoms with Gasteiger partial charge < -0.3 is 5.32 Å². The molecule has 2 amide bonds. The molecule has 1 heterocycles. The predicted molar refractivity (Wildman–Crippen MR) is 59.6 cm³/mol. The van der Waals surface area contributed by atoms with Crippen molar-refractivity contribution >= 4 is 28.6 Å². The smallest absolute Gasteiger partial charge is 0.290 e. The number of carbonyl (C=O) groups excluding carboxylic acids is 2. The maximum absolute atomic E-state index is 13.2. The Kier molecular flexibility index (Phi) is 3.09. The van der Waals surface area contributed by atoms with Crippen molar-refractivity contribution in [3.63, 3.8) is 0 Å². The van der Waals surface area contributed by atoms with Gasteiger partial charge in [0.25, 0.3) is 5.24 Å². The number of benzene rings is 1. The second-order valence-corrected chi connectivity index (χ2v) is 4.12. The molecule has 0 radical (unpaired) electrons. The van der Waals surface area contributed by atoms with Crippen molar-refractivity contribution < 1.29 is 14.0 Å². The minimum absolute atomic E-state index is 0.00556. The maximum Gasteiger partial charge on any atom is 0.290 e. The highest BCUT2D eigenvalue weighted by atomic mass is 32.2. The number of amides is 2. The van der Waals surface area contributed by atoms with Crippen LogP contribution in [0.15, 0.2) is 24.3 Å². The summed E-state index contributed by atoms with van der Waals surface area (Å²) < 4.78 is 13.2. The number of hydrogen-bond acceptors (Lipinski definition) is 4. The number of anilines is 1. The van der Waals surface area contributed by atoms with Crippen LogP contribution in [0.4, 0.5) is 14.9 Å².